The van der Waals surface area contributed by atoms with Crippen molar-refractivity contribution in [2.24, 2.45) is 5.92 Å². The number of nitrogens with zero attached hydrogens (tertiary/aromatic N) is 1. The van der Waals surface area contributed by atoms with E-state index in [4.69, 9.17) is 9.47 Å². The van der Waals surface area contributed by atoms with Gasteiger partial charge in [-0.05, 0) is 62.5 Å². The zero-order valence-corrected chi connectivity index (χ0v) is 13.6. The third kappa shape index (κ3) is 4.14. The van der Waals surface area contributed by atoms with E-state index in [1.54, 1.807) is 0 Å². The Kier molecular flexibility index (Phi) is 5.57. The van der Waals surface area contributed by atoms with Gasteiger partial charge in [-0.1, -0.05) is 6.92 Å². The van der Waals surface area contributed by atoms with Gasteiger partial charge in [0, 0.05) is 25.4 Å². The van der Waals surface area contributed by atoms with Crippen LogP contribution in [0, 0.1) is 5.92 Å². The van der Waals surface area contributed by atoms with E-state index in [0.29, 0.717) is 6.61 Å². The smallest absolute Gasteiger partial charge is 0.119 e. The van der Waals surface area contributed by atoms with Gasteiger partial charge in [-0.2, -0.15) is 0 Å². The molecular weight excluding hydrogens is 276 g/mol. The average molecular weight is 304 g/mol. The van der Waals surface area contributed by atoms with E-state index in [1.807, 2.05) is 0 Å². The van der Waals surface area contributed by atoms with Gasteiger partial charge in [0.25, 0.3) is 0 Å². The van der Waals surface area contributed by atoms with Crippen molar-refractivity contribution >= 4 is 5.69 Å². The Labute approximate surface area is 133 Å². The van der Waals surface area contributed by atoms with Gasteiger partial charge in [0.1, 0.15) is 12.4 Å². The van der Waals surface area contributed by atoms with Crippen LogP contribution in [0.15, 0.2) is 24.3 Å². The van der Waals surface area contributed by atoms with Crippen LogP contribution in [0.4, 0.5) is 5.69 Å². The fourth-order valence-electron chi connectivity index (χ4n) is 3.30. The van der Waals surface area contributed by atoms with Crippen LogP contribution < -0.4 is 15.0 Å². The van der Waals surface area contributed by atoms with E-state index < -0.39 is 0 Å². The molecule has 1 aromatic carbocycles. The summed E-state index contributed by atoms with van der Waals surface area (Å²) in [6.07, 6.45) is 3.85. The molecule has 0 saturated carbocycles. The number of anilines is 1. The molecule has 1 aromatic rings. The molecule has 2 aliphatic heterocycles. The summed E-state index contributed by atoms with van der Waals surface area (Å²) in [5.41, 5.74) is 1.31. The number of nitrogens with one attached hydrogen (secondary N) is 1. The molecule has 2 heterocycles. The molecule has 0 radical (unpaired) electrons. The summed E-state index contributed by atoms with van der Waals surface area (Å²) in [6.45, 7) is 8.24. The zero-order chi connectivity index (χ0) is 15.2. The first-order chi connectivity index (χ1) is 10.8. The second-order valence-corrected chi connectivity index (χ2v) is 6.35. The third-order valence-electron chi connectivity index (χ3n) is 4.63. The monoisotopic (exact) mass is 304 g/mol. The standard InChI is InChI=1S/C18H28N2O2/c1-2-19-12-15-9-10-20(13-15)16-5-7-17(8-6-16)22-14-18-4-3-11-21-18/h5-8,15,18-19H,2-4,9-14H2,1H3. The molecule has 0 amide bonds. The first kappa shape index (κ1) is 15.6. The predicted molar refractivity (Wildman–Crippen MR) is 89.8 cm³/mol. The quantitative estimate of drug-likeness (QED) is 0.840. The average Bonchev–Trinajstić information content (AvgIpc) is 3.23. The van der Waals surface area contributed by atoms with Crippen LogP contribution in [-0.4, -0.2) is 45.5 Å². The van der Waals surface area contributed by atoms with Gasteiger partial charge in [0.2, 0.25) is 0 Å². The zero-order valence-electron chi connectivity index (χ0n) is 13.6. The lowest BCUT2D eigenvalue weighted by molar-refractivity contribution is 0.0679. The molecule has 4 heteroatoms. The Morgan fingerprint density at radius 2 is 2.14 bits per heavy atom. The SMILES string of the molecule is CCNCC1CCN(c2ccc(OCC3CCCO3)cc2)C1. The van der Waals surface area contributed by atoms with E-state index in [9.17, 15) is 0 Å². The lowest BCUT2D eigenvalue weighted by Crippen LogP contribution is -2.26. The summed E-state index contributed by atoms with van der Waals surface area (Å²) in [4.78, 5) is 2.48. The maximum atomic E-state index is 5.83. The highest BCUT2D eigenvalue weighted by Gasteiger charge is 2.22. The van der Waals surface area contributed by atoms with Gasteiger partial charge in [-0.15, -0.1) is 0 Å². The Hall–Kier alpha value is -1.26. The van der Waals surface area contributed by atoms with Crippen LogP contribution in [0.5, 0.6) is 5.75 Å². The molecule has 0 bridgehead atoms. The van der Waals surface area contributed by atoms with Crippen LogP contribution >= 0.6 is 0 Å². The van der Waals surface area contributed by atoms with Gasteiger partial charge in [0.15, 0.2) is 0 Å². The van der Waals surface area contributed by atoms with Crippen molar-refractivity contribution in [3.63, 3.8) is 0 Å². The molecule has 2 atom stereocenters. The van der Waals surface area contributed by atoms with Crippen LogP contribution in [0.2, 0.25) is 0 Å². The predicted octanol–water partition coefficient (Wildman–Crippen LogP) is 2.68. The number of hydrogen-bond acceptors (Lipinski definition) is 4. The van der Waals surface area contributed by atoms with E-state index in [-0.39, 0.29) is 6.10 Å². The molecule has 0 spiro atoms. The van der Waals surface area contributed by atoms with Crippen molar-refractivity contribution in [2.75, 3.05) is 44.3 Å². The van der Waals surface area contributed by atoms with Crippen LogP contribution in [0.3, 0.4) is 0 Å². The van der Waals surface area contributed by atoms with Gasteiger partial charge >= 0.3 is 0 Å². The second kappa shape index (κ2) is 7.84. The third-order valence-corrected chi connectivity index (χ3v) is 4.63. The number of rotatable bonds is 7. The van der Waals surface area contributed by atoms with Crippen molar-refractivity contribution in [3.8, 4) is 5.75 Å². The van der Waals surface area contributed by atoms with Crippen LogP contribution in [0.1, 0.15) is 26.2 Å². The summed E-state index contributed by atoms with van der Waals surface area (Å²) in [7, 11) is 0. The molecule has 2 unspecified atom stereocenters. The van der Waals surface area contributed by atoms with Crippen molar-refractivity contribution in [1.82, 2.24) is 5.32 Å². The summed E-state index contributed by atoms with van der Waals surface area (Å²) < 4.78 is 11.4. The van der Waals surface area contributed by atoms with Crippen molar-refractivity contribution in [1.29, 1.82) is 0 Å². The highest BCUT2D eigenvalue weighted by molar-refractivity contribution is 5.49. The van der Waals surface area contributed by atoms with E-state index in [0.717, 1.165) is 57.3 Å². The summed E-state index contributed by atoms with van der Waals surface area (Å²) in [6, 6.07) is 8.53. The Bertz CT molecular complexity index is 443. The molecule has 2 fully saturated rings. The highest BCUT2D eigenvalue weighted by Crippen LogP contribution is 2.26. The first-order valence-corrected chi connectivity index (χ1v) is 8.65. The van der Waals surface area contributed by atoms with Gasteiger partial charge in [-0.3, -0.25) is 0 Å². The molecule has 3 rings (SSSR count). The Balaban J connectivity index is 1.47. The minimum absolute atomic E-state index is 0.282. The fraction of sp³-hybridized carbons (Fsp3) is 0.667. The lowest BCUT2D eigenvalue weighted by atomic mass is 10.1. The second-order valence-electron chi connectivity index (χ2n) is 6.35. The molecule has 4 nitrogen and oxygen atoms in total. The lowest BCUT2D eigenvalue weighted by Gasteiger charge is -2.19. The molecule has 122 valence electrons. The van der Waals surface area contributed by atoms with Crippen LogP contribution in [0.25, 0.3) is 0 Å². The van der Waals surface area contributed by atoms with Gasteiger partial charge in [-0.25, -0.2) is 0 Å². The number of hydrogen-bond donors (Lipinski definition) is 1. The summed E-state index contributed by atoms with van der Waals surface area (Å²) in [5.74, 6) is 1.72. The highest BCUT2D eigenvalue weighted by atomic mass is 16.5. The van der Waals surface area contributed by atoms with Crippen LogP contribution in [-0.2, 0) is 4.74 Å². The molecule has 2 aliphatic rings. The molecular formula is C18H28N2O2. The molecule has 0 aromatic heterocycles. The Morgan fingerprint density at radius 3 is 2.86 bits per heavy atom. The minimum atomic E-state index is 0.282. The van der Waals surface area contributed by atoms with E-state index in [2.05, 4.69) is 41.4 Å². The van der Waals surface area contributed by atoms with Crippen molar-refractivity contribution in [3.05, 3.63) is 24.3 Å². The van der Waals surface area contributed by atoms with E-state index in [1.165, 1.54) is 12.1 Å². The topological polar surface area (TPSA) is 33.7 Å². The Morgan fingerprint density at radius 1 is 1.27 bits per heavy atom. The minimum Gasteiger partial charge on any atom is -0.491 e. The largest absolute Gasteiger partial charge is 0.491 e. The number of ether oxygens (including phenoxy) is 2. The maximum Gasteiger partial charge on any atom is 0.119 e. The molecule has 22 heavy (non-hydrogen) atoms. The molecule has 1 N–H and O–H groups in total. The van der Waals surface area contributed by atoms with Crippen molar-refractivity contribution in [2.45, 2.75) is 32.3 Å². The maximum absolute atomic E-state index is 5.83. The van der Waals surface area contributed by atoms with Gasteiger partial charge in [0.05, 0.1) is 6.10 Å². The fourth-order valence-corrected chi connectivity index (χ4v) is 3.30. The molecule has 2 saturated heterocycles. The first-order valence-electron chi connectivity index (χ1n) is 8.65. The number of benzene rings is 1. The van der Waals surface area contributed by atoms with E-state index >= 15 is 0 Å². The molecule has 0 aliphatic carbocycles. The normalized spacial score (nSPS) is 24.9. The summed E-state index contributed by atoms with van der Waals surface area (Å²) in [5, 5.41) is 3.46. The van der Waals surface area contributed by atoms with Gasteiger partial charge < -0.3 is 19.7 Å². The summed E-state index contributed by atoms with van der Waals surface area (Å²) >= 11 is 0. The van der Waals surface area contributed by atoms with Crippen molar-refractivity contribution < 1.29 is 9.47 Å².